The largest absolute Gasteiger partial charge is 0.481 e. The van der Waals surface area contributed by atoms with Gasteiger partial charge in [0.25, 0.3) is 0 Å². The van der Waals surface area contributed by atoms with Gasteiger partial charge in [-0.3, -0.25) is 4.79 Å². The summed E-state index contributed by atoms with van der Waals surface area (Å²) in [6, 6.07) is 0. The molecule has 2 saturated carbocycles. The number of hydrogen-bond acceptors (Lipinski definition) is 1. The molecule has 0 aliphatic heterocycles. The number of carboxylic acid groups (broad SMARTS) is 1. The fourth-order valence-corrected chi connectivity index (χ4v) is 1.71. The average molecular weight is 130 g/mol. The summed E-state index contributed by atoms with van der Waals surface area (Å²) >= 11 is 0. The second-order valence-corrected chi connectivity index (χ2v) is 2.99. The lowest BCUT2D eigenvalue weighted by Crippen LogP contribution is -2.33. The Morgan fingerprint density at radius 1 is 1.67 bits per heavy atom. The van der Waals surface area contributed by atoms with E-state index in [4.69, 9.17) is 5.11 Å². The first-order chi connectivity index (χ1) is 4.17. The van der Waals surface area contributed by atoms with Gasteiger partial charge in [-0.15, -0.1) is 0 Å². The van der Waals surface area contributed by atoms with Crippen molar-refractivity contribution < 1.29 is 14.3 Å². The molecule has 0 radical (unpaired) electrons. The first-order valence-corrected chi connectivity index (χ1v) is 3.04. The van der Waals surface area contributed by atoms with Crippen LogP contribution < -0.4 is 0 Å². The van der Waals surface area contributed by atoms with Crippen molar-refractivity contribution in [1.82, 2.24) is 0 Å². The highest BCUT2D eigenvalue weighted by Gasteiger charge is 2.72. The molecule has 0 unspecified atom stereocenters. The number of rotatable bonds is 1. The maximum absolute atomic E-state index is 12.3. The summed E-state index contributed by atoms with van der Waals surface area (Å²) < 4.78 is 12.3. The molecule has 0 amide bonds. The Bertz CT molecular complexity index is 180. The molecule has 0 bridgehead atoms. The molecule has 2 aliphatic rings. The Hall–Kier alpha value is -0.600. The summed E-state index contributed by atoms with van der Waals surface area (Å²) in [6.07, 6.45) is 0.0114. The topological polar surface area (TPSA) is 37.3 Å². The van der Waals surface area contributed by atoms with Gasteiger partial charge in [-0.2, -0.15) is 0 Å². The van der Waals surface area contributed by atoms with Crippen molar-refractivity contribution in [3.8, 4) is 0 Å². The summed E-state index contributed by atoms with van der Waals surface area (Å²) in [4.78, 5) is 10.3. The van der Waals surface area contributed by atoms with Gasteiger partial charge >= 0.3 is 5.97 Å². The van der Waals surface area contributed by atoms with Gasteiger partial charge in [0.2, 0.25) is 0 Å². The van der Waals surface area contributed by atoms with E-state index in [0.29, 0.717) is 6.42 Å². The van der Waals surface area contributed by atoms with Gasteiger partial charge in [-0.05, 0) is 12.8 Å². The molecule has 50 valence electrons. The Morgan fingerprint density at radius 2 is 2.33 bits per heavy atom. The molecule has 9 heavy (non-hydrogen) atoms. The first kappa shape index (κ1) is 5.21. The summed E-state index contributed by atoms with van der Waals surface area (Å²) in [5, 5.41) is 8.49. The zero-order chi connectivity index (χ0) is 6.65. The van der Waals surface area contributed by atoms with E-state index in [-0.39, 0.29) is 12.3 Å². The van der Waals surface area contributed by atoms with E-state index >= 15 is 0 Å². The molecule has 0 aromatic carbocycles. The summed E-state index contributed by atoms with van der Waals surface area (Å²) in [5.41, 5.74) is -0.598. The third-order valence-corrected chi connectivity index (χ3v) is 2.56. The molecule has 2 aliphatic carbocycles. The minimum atomic E-state index is -0.818. The normalized spacial score (nSPS) is 53.4. The SMILES string of the molecule is O=C(O)[C@@]12C[C@@H]1[C@@H](F)C2. The highest BCUT2D eigenvalue weighted by atomic mass is 19.1. The van der Waals surface area contributed by atoms with E-state index in [2.05, 4.69) is 0 Å². The van der Waals surface area contributed by atoms with Crippen LogP contribution in [0, 0.1) is 11.3 Å². The Kier molecular flexibility index (Phi) is 0.652. The second-order valence-electron chi connectivity index (χ2n) is 2.99. The minimum Gasteiger partial charge on any atom is -0.481 e. The first-order valence-electron chi connectivity index (χ1n) is 3.04. The van der Waals surface area contributed by atoms with Crippen LogP contribution in [0.15, 0.2) is 0 Å². The molecular weight excluding hydrogens is 123 g/mol. The number of carboxylic acids is 1. The van der Waals surface area contributed by atoms with Crippen LogP contribution in [0.5, 0.6) is 0 Å². The van der Waals surface area contributed by atoms with Crippen LogP contribution in [0.3, 0.4) is 0 Å². The van der Waals surface area contributed by atoms with Crippen LogP contribution >= 0.6 is 0 Å². The van der Waals surface area contributed by atoms with Gasteiger partial charge in [0.05, 0.1) is 5.41 Å². The monoisotopic (exact) mass is 130 g/mol. The molecule has 2 fully saturated rings. The van der Waals surface area contributed by atoms with Crippen LogP contribution in [0.25, 0.3) is 0 Å². The highest BCUT2D eigenvalue weighted by Crippen LogP contribution is 2.68. The molecule has 0 heterocycles. The second kappa shape index (κ2) is 1.13. The lowest BCUT2D eigenvalue weighted by atomic mass is 9.83. The van der Waals surface area contributed by atoms with Crippen molar-refractivity contribution in [2.45, 2.75) is 19.0 Å². The van der Waals surface area contributed by atoms with Crippen LogP contribution in [0.4, 0.5) is 4.39 Å². The fourth-order valence-electron chi connectivity index (χ4n) is 1.71. The van der Waals surface area contributed by atoms with E-state index < -0.39 is 17.6 Å². The zero-order valence-corrected chi connectivity index (χ0v) is 4.80. The number of hydrogen-bond donors (Lipinski definition) is 1. The molecule has 2 rings (SSSR count). The Morgan fingerprint density at radius 3 is 2.44 bits per heavy atom. The minimum absolute atomic E-state index is 0.130. The molecular formula is C6H7FO2. The maximum Gasteiger partial charge on any atom is 0.310 e. The number of halogens is 1. The maximum atomic E-state index is 12.3. The van der Waals surface area contributed by atoms with Crippen molar-refractivity contribution in [3.05, 3.63) is 0 Å². The van der Waals surface area contributed by atoms with Gasteiger partial charge in [0.1, 0.15) is 6.17 Å². The van der Waals surface area contributed by atoms with Crippen molar-refractivity contribution in [3.63, 3.8) is 0 Å². The predicted molar refractivity (Wildman–Crippen MR) is 27.7 cm³/mol. The zero-order valence-electron chi connectivity index (χ0n) is 4.80. The fraction of sp³-hybridized carbons (Fsp3) is 0.833. The van der Waals surface area contributed by atoms with Crippen molar-refractivity contribution in [2.24, 2.45) is 11.3 Å². The Balaban J connectivity index is 2.12. The van der Waals surface area contributed by atoms with Crippen LogP contribution in [0.2, 0.25) is 0 Å². The summed E-state index contributed by atoms with van der Waals surface area (Å²) in [5.74, 6) is -0.934. The average Bonchev–Trinajstić information content (AvgIpc) is 2.36. The lowest BCUT2D eigenvalue weighted by Gasteiger charge is -2.24. The number of carbonyl (C=O) groups is 1. The standard InChI is InChI=1S/C6H7FO2/c7-4-2-6(5(8)9)1-3(4)6/h3-4H,1-2H2,(H,8,9)/t3-,4+,6-/m1/s1. The molecule has 3 atom stereocenters. The summed E-state index contributed by atoms with van der Waals surface area (Å²) in [6.45, 7) is 0. The number of alkyl halides is 1. The summed E-state index contributed by atoms with van der Waals surface area (Å²) in [7, 11) is 0. The Labute approximate surface area is 51.7 Å². The van der Waals surface area contributed by atoms with Gasteiger partial charge in [-0.25, -0.2) is 4.39 Å². The number of aliphatic carboxylic acids is 1. The molecule has 0 saturated heterocycles. The molecule has 0 aromatic rings. The predicted octanol–water partition coefficient (Wildman–Crippen LogP) is 0.819. The van der Waals surface area contributed by atoms with E-state index in [1.165, 1.54) is 0 Å². The highest BCUT2D eigenvalue weighted by molar-refractivity contribution is 5.80. The lowest BCUT2D eigenvalue weighted by molar-refractivity contribution is -0.148. The molecule has 2 nitrogen and oxygen atoms in total. The van der Waals surface area contributed by atoms with Gasteiger partial charge in [0.15, 0.2) is 0 Å². The van der Waals surface area contributed by atoms with E-state index in [0.717, 1.165) is 0 Å². The van der Waals surface area contributed by atoms with Crippen molar-refractivity contribution >= 4 is 5.97 Å². The van der Waals surface area contributed by atoms with Crippen LogP contribution in [-0.4, -0.2) is 17.2 Å². The van der Waals surface area contributed by atoms with Gasteiger partial charge < -0.3 is 5.11 Å². The van der Waals surface area contributed by atoms with Crippen LogP contribution in [0.1, 0.15) is 12.8 Å². The molecule has 3 heteroatoms. The van der Waals surface area contributed by atoms with Crippen molar-refractivity contribution in [1.29, 1.82) is 0 Å². The van der Waals surface area contributed by atoms with E-state index in [9.17, 15) is 9.18 Å². The van der Waals surface area contributed by atoms with Gasteiger partial charge in [-0.1, -0.05) is 0 Å². The molecule has 0 spiro atoms. The van der Waals surface area contributed by atoms with Crippen LogP contribution in [-0.2, 0) is 4.79 Å². The third kappa shape index (κ3) is 0.394. The molecule has 1 N–H and O–H groups in total. The molecule has 0 aromatic heterocycles. The smallest absolute Gasteiger partial charge is 0.310 e. The van der Waals surface area contributed by atoms with E-state index in [1.54, 1.807) is 0 Å². The third-order valence-electron chi connectivity index (χ3n) is 2.56. The van der Waals surface area contributed by atoms with Gasteiger partial charge in [0, 0.05) is 5.92 Å². The van der Waals surface area contributed by atoms with Crippen molar-refractivity contribution in [2.75, 3.05) is 0 Å². The number of fused-ring (bicyclic) bond motifs is 1. The quantitative estimate of drug-likeness (QED) is 0.570. The van der Waals surface area contributed by atoms with E-state index in [1.807, 2.05) is 0 Å².